The van der Waals surface area contributed by atoms with Gasteiger partial charge in [0.1, 0.15) is 24.7 Å². The predicted octanol–water partition coefficient (Wildman–Crippen LogP) is 2.60. The topological polar surface area (TPSA) is 62.6 Å². The Kier molecular flexibility index (Phi) is 4.15. The standard InChI is InChI=1S/C18H16N2O3/c1-20-12-14-10-16(6-7-17(14)18(20)21)23-9-8-22-15-4-2-13(11-19)3-5-15/h2-7,10H,8-9,12H2,1H3. The van der Waals surface area contributed by atoms with Crippen LogP contribution in [0.15, 0.2) is 42.5 Å². The molecule has 0 radical (unpaired) electrons. The predicted molar refractivity (Wildman–Crippen MR) is 84.4 cm³/mol. The second-order valence-electron chi connectivity index (χ2n) is 5.31. The largest absolute Gasteiger partial charge is 0.490 e. The summed E-state index contributed by atoms with van der Waals surface area (Å²) in [4.78, 5) is 13.5. The summed E-state index contributed by atoms with van der Waals surface area (Å²) < 4.78 is 11.2. The van der Waals surface area contributed by atoms with Crippen LogP contribution in [0.1, 0.15) is 21.5 Å². The van der Waals surface area contributed by atoms with Crippen LogP contribution in [0.5, 0.6) is 11.5 Å². The van der Waals surface area contributed by atoms with Gasteiger partial charge in [-0.3, -0.25) is 4.79 Å². The van der Waals surface area contributed by atoms with Crippen LogP contribution in [0, 0.1) is 11.3 Å². The normalized spacial score (nSPS) is 12.7. The highest BCUT2D eigenvalue weighted by atomic mass is 16.5. The first kappa shape index (κ1) is 14.9. The van der Waals surface area contributed by atoms with Gasteiger partial charge < -0.3 is 14.4 Å². The Labute approximate surface area is 134 Å². The summed E-state index contributed by atoms with van der Waals surface area (Å²) in [6.07, 6.45) is 0. The molecule has 0 N–H and O–H groups in total. The van der Waals surface area contributed by atoms with E-state index in [0.29, 0.717) is 31.1 Å². The van der Waals surface area contributed by atoms with Crippen LogP contribution in [0.4, 0.5) is 0 Å². The van der Waals surface area contributed by atoms with Crippen LogP contribution >= 0.6 is 0 Å². The van der Waals surface area contributed by atoms with Crippen molar-refractivity contribution in [1.29, 1.82) is 5.26 Å². The number of benzene rings is 2. The highest BCUT2D eigenvalue weighted by Gasteiger charge is 2.24. The average molecular weight is 308 g/mol. The van der Waals surface area contributed by atoms with E-state index in [1.54, 1.807) is 48.3 Å². The molecule has 2 aromatic carbocycles. The molecule has 23 heavy (non-hydrogen) atoms. The summed E-state index contributed by atoms with van der Waals surface area (Å²) >= 11 is 0. The molecule has 0 saturated carbocycles. The van der Waals surface area contributed by atoms with Crippen LogP contribution in [0.3, 0.4) is 0 Å². The summed E-state index contributed by atoms with van der Waals surface area (Å²) in [5.74, 6) is 1.49. The molecular weight excluding hydrogens is 292 g/mol. The van der Waals surface area contributed by atoms with Crippen molar-refractivity contribution < 1.29 is 14.3 Å². The molecule has 0 atom stereocenters. The molecular formula is C18H16N2O3. The van der Waals surface area contributed by atoms with Gasteiger partial charge >= 0.3 is 0 Å². The fourth-order valence-electron chi connectivity index (χ4n) is 2.48. The lowest BCUT2D eigenvalue weighted by Crippen LogP contribution is -2.17. The van der Waals surface area contributed by atoms with Crippen molar-refractivity contribution >= 4 is 5.91 Å². The minimum atomic E-state index is 0.0516. The fraction of sp³-hybridized carbons (Fsp3) is 0.222. The summed E-state index contributed by atoms with van der Waals surface area (Å²) in [6, 6.07) is 14.5. The Balaban J connectivity index is 1.50. The van der Waals surface area contributed by atoms with Crippen molar-refractivity contribution in [3.05, 3.63) is 59.2 Å². The molecule has 1 heterocycles. The molecule has 1 amide bonds. The summed E-state index contributed by atoms with van der Waals surface area (Å²) in [5.41, 5.74) is 2.34. The minimum Gasteiger partial charge on any atom is -0.490 e. The monoisotopic (exact) mass is 308 g/mol. The Morgan fingerprint density at radius 2 is 1.74 bits per heavy atom. The quantitative estimate of drug-likeness (QED) is 0.797. The molecule has 116 valence electrons. The van der Waals surface area contributed by atoms with E-state index in [1.807, 2.05) is 6.07 Å². The zero-order valence-corrected chi connectivity index (χ0v) is 12.8. The lowest BCUT2D eigenvalue weighted by molar-refractivity contribution is 0.0816. The van der Waals surface area contributed by atoms with Gasteiger partial charge in [0.15, 0.2) is 0 Å². The Morgan fingerprint density at radius 1 is 1.09 bits per heavy atom. The molecule has 0 aliphatic carbocycles. The van der Waals surface area contributed by atoms with Gasteiger partial charge in [-0.1, -0.05) is 0 Å². The number of fused-ring (bicyclic) bond motifs is 1. The first-order valence-corrected chi connectivity index (χ1v) is 7.31. The molecule has 5 nitrogen and oxygen atoms in total. The number of hydrogen-bond acceptors (Lipinski definition) is 4. The second-order valence-corrected chi connectivity index (χ2v) is 5.31. The third-order valence-electron chi connectivity index (χ3n) is 3.67. The number of carbonyl (C=O) groups is 1. The zero-order valence-electron chi connectivity index (χ0n) is 12.8. The van der Waals surface area contributed by atoms with Crippen molar-refractivity contribution in [3.8, 4) is 17.6 Å². The highest BCUT2D eigenvalue weighted by Crippen LogP contribution is 2.25. The van der Waals surface area contributed by atoms with Gasteiger partial charge in [-0.05, 0) is 48.0 Å². The number of hydrogen-bond donors (Lipinski definition) is 0. The molecule has 1 aliphatic rings. The molecule has 0 saturated heterocycles. The van der Waals surface area contributed by atoms with E-state index in [2.05, 4.69) is 6.07 Å². The number of nitriles is 1. The fourth-order valence-corrected chi connectivity index (χ4v) is 2.48. The van der Waals surface area contributed by atoms with Crippen LogP contribution < -0.4 is 9.47 Å². The van der Waals surface area contributed by atoms with Gasteiger partial charge in [0.25, 0.3) is 5.91 Å². The van der Waals surface area contributed by atoms with Crippen molar-refractivity contribution in [3.63, 3.8) is 0 Å². The molecule has 5 heteroatoms. The molecule has 0 spiro atoms. The molecule has 0 bridgehead atoms. The van der Waals surface area contributed by atoms with Crippen LogP contribution in [-0.4, -0.2) is 31.1 Å². The molecule has 3 rings (SSSR count). The van der Waals surface area contributed by atoms with Gasteiger partial charge in [-0.25, -0.2) is 0 Å². The van der Waals surface area contributed by atoms with Crippen molar-refractivity contribution in [2.75, 3.05) is 20.3 Å². The van der Waals surface area contributed by atoms with Crippen LogP contribution in [0.2, 0.25) is 0 Å². The molecule has 0 aromatic heterocycles. The maximum atomic E-state index is 11.8. The third kappa shape index (κ3) is 3.27. The van der Waals surface area contributed by atoms with Crippen LogP contribution in [-0.2, 0) is 6.54 Å². The first-order chi connectivity index (χ1) is 11.2. The Bertz CT molecular complexity index is 763. The van der Waals surface area contributed by atoms with E-state index in [-0.39, 0.29) is 5.91 Å². The van der Waals surface area contributed by atoms with Crippen LogP contribution in [0.25, 0.3) is 0 Å². The van der Waals surface area contributed by atoms with E-state index < -0.39 is 0 Å². The van der Waals surface area contributed by atoms with Crippen molar-refractivity contribution in [2.45, 2.75) is 6.54 Å². The lowest BCUT2D eigenvalue weighted by Gasteiger charge is -2.09. The second kappa shape index (κ2) is 6.41. The summed E-state index contributed by atoms with van der Waals surface area (Å²) in [7, 11) is 1.79. The zero-order chi connectivity index (χ0) is 16.2. The highest BCUT2D eigenvalue weighted by molar-refractivity contribution is 5.98. The van der Waals surface area contributed by atoms with E-state index >= 15 is 0 Å². The van der Waals surface area contributed by atoms with E-state index in [9.17, 15) is 4.79 Å². The van der Waals surface area contributed by atoms with Crippen molar-refractivity contribution in [1.82, 2.24) is 4.90 Å². The Hall–Kier alpha value is -3.00. The summed E-state index contributed by atoms with van der Waals surface area (Å²) in [6.45, 7) is 1.43. The van der Waals surface area contributed by atoms with E-state index in [4.69, 9.17) is 14.7 Å². The van der Waals surface area contributed by atoms with Gasteiger partial charge in [0.2, 0.25) is 0 Å². The smallest absolute Gasteiger partial charge is 0.254 e. The molecule has 0 fully saturated rings. The number of nitrogens with zero attached hydrogens (tertiary/aromatic N) is 2. The van der Waals surface area contributed by atoms with Crippen molar-refractivity contribution in [2.24, 2.45) is 0 Å². The van der Waals surface area contributed by atoms with Gasteiger partial charge in [0, 0.05) is 19.2 Å². The van der Waals surface area contributed by atoms with Gasteiger partial charge in [-0.15, -0.1) is 0 Å². The number of rotatable bonds is 5. The van der Waals surface area contributed by atoms with Gasteiger partial charge in [-0.2, -0.15) is 5.26 Å². The maximum absolute atomic E-state index is 11.8. The number of amides is 1. The molecule has 2 aromatic rings. The Morgan fingerprint density at radius 3 is 2.43 bits per heavy atom. The van der Waals surface area contributed by atoms with E-state index in [0.717, 1.165) is 16.9 Å². The number of carbonyl (C=O) groups excluding carboxylic acids is 1. The van der Waals surface area contributed by atoms with E-state index in [1.165, 1.54) is 0 Å². The third-order valence-corrected chi connectivity index (χ3v) is 3.67. The minimum absolute atomic E-state index is 0.0516. The molecule has 1 aliphatic heterocycles. The molecule has 0 unspecified atom stereocenters. The lowest BCUT2D eigenvalue weighted by atomic mass is 10.1. The van der Waals surface area contributed by atoms with Gasteiger partial charge in [0.05, 0.1) is 11.6 Å². The summed E-state index contributed by atoms with van der Waals surface area (Å²) in [5, 5.41) is 8.73. The average Bonchev–Trinajstić information content (AvgIpc) is 2.86. The maximum Gasteiger partial charge on any atom is 0.254 e. The number of ether oxygens (including phenoxy) is 2. The SMILES string of the molecule is CN1Cc2cc(OCCOc3ccc(C#N)cc3)ccc2C1=O. The first-order valence-electron chi connectivity index (χ1n) is 7.31.